The molecule has 1 aliphatic heterocycles. The summed E-state index contributed by atoms with van der Waals surface area (Å²) >= 11 is 0. The van der Waals surface area contributed by atoms with Gasteiger partial charge in [-0.1, -0.05) is 12.1 Å². The Labute approximate surface area is 203 Å². The first-order valence-electron chi connectivity index (χ1n) is 11.7. The molecule has 0 spiro atoms. The van der Waals surface area contributed by atoms with E-state index in [0.29, 0.717) is 29.3 Å². The van der Waals surface area contributed by atoms with Gasteiger partial charge in [0.1, 0.15) is 23.0 Å². The van der Waals surface area contributed by atoms with Crippen molar-refractivity contribution >= 4 is 16.7 Å². The number of nitrogens with one attached hydrogen (secondary N) is 1. The summed E-state index contributed by atoms with van der Waals surface area (Å²) in [6.07, 6.45) is 2.12. The Morgan fingerprint density at radius 1 is 1.06 bits per heavy atom. The molecule has 5 rings (SSSR count). The molecule has 2 N–H and O–H groups in total. The maximum atomic E-state index is 13.2. The minimum absolute atomic E-state index is 0.0292. The van der Waals surface area contributed by atoms with E-state index in [1.165, 1.54) is 12.1 Å². The van der Waals surface area contributed by atoms with Gasteiger partial charge >= 0.3 is 0 Å². The predicted octanol–water partition coefficient (Wildman–Crippen LogP) is 2.53. The molecule has 0 bridgehead atoms. The number of fused-ring (bicyclic) bond motifs is 1. The molecule has 0 saturated carbocycles. The first-order chi connectivity index (χ1) is 17.0. The number of H-pyrrole nitrogens is 1. The van der Waals surface area contributed by atoms with Crippen molar-refractivity contribution in [2.75, 3.05) is 58.3 Å². The molecule has 4 aromatic rings. The first-order valence-corrected chi connectivity index (χ1v) is 11.7. The van der Waals surface area contributed by atoms with E-state index in [0.717, 1.165) is 56.0 Å². The second-order valence-electron chi connectivity index (χ2n) is 9.09. The number of anilines is 1. The number of likely N-dealkylation sites (N-methyl/N-ethyl adjacent to an activating group) is 1. The average molecular weight is 477 g/mol. The number of rotatable bonds is 7. The molecular formula is C25H29FN8O. The van der Waals surface area contributed by atoms with Gasteiger partial charge in [0.2, 0.25) is 0 Å². The Balaban J connectivity index is 1.43. The van der Waals surface area contributed by atoms with E-state index in [9.17, 15) is 9.50 Å². The van der Waals surface area contributed by atoms with Crippen LogP contribution in [0.2, 0.25) is 0 Å². The summed E-state index contributed by atoms with van der Waals surface area (Å²) in [7, 11) is 4.18. The fourth-order valence-electron chi connectivity index (χ4n) is 4.32. The molecule has 1 aliphatic rings. The van der Waals surface area contributed by atoms with Gasteiger partial charge in [-0.15, -0.1) is 10.2 Å². The highest BCUT2D eigenvalue weighted by Gasteiger charge is 2.24. The lowest BCUT2D eigenvalue weighted by Crippen LogP contribution is -2.48. The van der Waals surface area contributed by atoms with Crippen molar-refractivity contribution in [3.05, 3.63) is 59.8 Å². The molecule has 4 heterocycles. The summed E-state index contributed by atoms with van der Waals surface area (Å²) in [5, 5.41) is 20.3. The predicted molar refractivity (Wildman–Crippen MR) is 133 cm³/mol. The summed E-state index contributed by atoms with van der Waals surface area (Å²) in [5.41, 5.74) is 1.71. The monoisotopic (exact) mass is 476 g/mol. The van der Waals surface area contributed by atoms with Crippen LogP contribution in [0, 0.1) is 5.82 Å². The zero-order valence-corrected chi connectivity index (χ0v) is 19.9. The third-order valence-electron chi connectivity index (χ3n) is 6.29. The Bertz CT molecular complexity index is 1300. The number of hydrogen-bond donors (Lipinski definition) is 2. The number of pyridine rings is 2. The Kier molecular flexibility index (Phi) is 6.56. The van der Waals surface area contributed by atoms with E-state index >= 15 is 0 Å². The number of halogens is 1. The van der Waals surface area contributed by atoms with Crippen LogP contribution >= 0.6 is 0 Å². The van der Waals surface area contributed by atoms with Gasteiger partial charge in [-0.3, -0.25) is 9.88 Å². The van der Waals surface area contributed by atoms with Crippen molar-refractivity contribution in [1.29, 1.82) is 0 Å². The third kappa shape index (κ3) is 5.08. The number of aromatic amines is 1. The highest BCUT2D eigenvalue weighted by atomic mass is 19.1. The van der Waals surface area contributed by atoms with Gasteiger partial charge in [0.25, 0.3) is 0 Å². The topological polar surface area (TPSA) is 97.3 Å². The fraction of sp³-hybridized carbons (Fsp3) is 0.360. The highest BCUT2D eigenvalue weighted by molar-refractivity contribution is 5.97. The molecule has 1 fully saturated rings. The van der Waals surface area contributed by atoms with Crippen LogP contribution in [-0.4, -0.2) is 93.4 Å². The molecule has 0 radical (unpaired) electrons. The first kappa shape index (κ1) is 23.1. The molecule has 1 aromatic carbocycles. The van der Waals surface area contributed by atoms with Crippen molar-refractivity contribution in [2.24, 2.45) is 0 Å². The Morgan fingerprint density at radius 2 is 1.83 bits per heavy atom. The molecule has 3 aromatic heterocycles. The van der Waals surface area contributed by atoms with Gasteiger partial charge in [-0.2, -0.15) is 0 Å². The molecule has 10 heteroatoms. The molecule has 0 unspecified atom stereocenters. The van der Waals surface area contributed by atoms with Gasteiger partial charge in [0.15, 0.2) is 17.3 Å². The van der Waals surface area contributed by atoms with E-state index in [-0.39, 0.29) is 11.6 Å². The van der Waals surface area contributed by atoms with Crippen LogP contribution in [-0.2, 0) is 6.42 Å². The van der Waals surface area contributed by atoms with Gasteiger partial charge in [-0.05, 0) is 43.9 Å². The van der Waals surface area contributed by atoms with Crippen molar-refractivity contribution in [3.63, 3.8) is 0 Å². The van der Waals surface area contributed by atoms with Crippen molar-refractivity contribution in [3.8, 4) is 17.3 Å². The Morgan fingerprint density at radius 3 is 2.57 bits per heavy atom. The third-order valence-corrected chi connectivity index (χ3v) is 6.29. The molecule has 0 amide bonds. The summed E-state index contributed by atoms with van der Waals surface area (Å²) < 4.78 is 13.2. The summed E-state index contributed by atoms with van der Waals surface area (Å²) in [5.74, 6) is 1.45. The average Bonchev–Trinajstić information content (AvgIpc) is 3.33. The molecular weight excluding hydrogens is 447 g/mol. The number of nitrogens with zero attached hydrogens (tertiary/aromatic N) is 7. The smallest absolute Gasteiger partial charge is 0.184 e. The zero-order valence-electron chi connectivity index (χ0n) is 19.9. The van der Waals surface area contributed by atoms with Crippen LogP contribution in [0.1, 0.15) is 11.4 Å². The fourth-order valence-corrected chi connectivity index (χ4v) is 4.32. The van der Waals surface area contributed by atoms with Crippen LogP contribution in [0.25, 0.3) is 22.4 Å². The van der Waals surface area contributed by atoms with E-state index in [1.807, 2.05) is 12.1 Å². The molecule has 9 nitrogen and oxygen atoms in total. The zero-order chi connectivity index (χ0) is 24.4. The number of hydrogen-bond acceptors (Lipinski definition) is 8. The van der Waals surface area contributed by atoms with Crippen LogP contribution in [0.15, 0.2) is 42.6 Å². The van der Waals surface area contributed by atoms with Gasteiger partial charge in [0, 0.05) is 57.3 Å². The maximum absolute atomic E-state index is 13.2. The molecule has 0 atom stereocenters. The van der Waals surface area contributed by atoms with E-state index in [1.54, 1.807) is 18.3 Å². The quantitative estimate of drug-likeness (QED) is 0.420. The van der Waals surface area contributed by atoms with E-state index in [2.05, 4.69) is 49.0 Å². The number of aromatic hydroxyl groups is 1. The van der Waals surface area contributed by atoms with Crippen LogP contribution in [0.5, 0.6) is 5.75 Å². The van der Waals surface area contributed by atoms with Crippen LogP contribution in [0.4, 0.5) is 10.2 Å². The normalized spacial score (nSPS) is 14.8. The molecule has 35 heavy (non-hydrogen) atoms. The van der Waals surface area contributed by atoms with Crippen LogP contribution < -0.4 is 4.90 Å². The number of aromatic nitrogens is 5. The lowest BCUT2D eigenvalue weighted by atomic mass is 10.1. The van der Waals surface area contributed by atoms with E-state index < -0.39 is 0 Å². The molecule has 1 saturated heterocycles. The largest absolute Gasteiger partial charge is 0.504 e. The van der Waals surface area contributed by atoms with Crippen molar-refractivity contribution in [2.45, 2.75) is 6.42 Å². The standard InChI is InChI=1S/C25H29FN8O/c1-32(2)10-11-33-12-14-34(15-13-33)25-19-4-3-9-27-21(19)23(35)22(29-25)24-28-20(30-31-24)16-17-5-7-18(26)8-6-17/h3-9,35H,10-16H2,1-2H3,(H,28,30,31). The molecule has 0 aliphatic carbocycles. The lowest BCUT2D eigenvalue weighted by molar-refractivity contribution is 0.229. The van der Waals surface area contributed by atoms with Crippen LogP contribution in [0.3, 0.4) is 0 Å². The minimum Gasteiger partial charge on any atom is -0.504 e. The van der Waals surface area contributed by atoms with Gasteiger partial charge in [-0.25, -0.2) is 9.37 Å². The van der Waals surface area contributed by atoms with Gasteiger partial charge < -0.3 is 19.9 Å². The summed E-state index contributed by atoms with van der Waals surface area (Å²) in [4.78, 5) is 19.4. The second kappa shape index (κ2) is 9.93. The Hall–Kier alpha value is -3.63. The number of piperazine rings is 1. The summed E-state index contributed by atoms with van der Waals surface area (Å²) in [6, 6.07) is 10.1. The highest BCUT2D eigenvalue weighted by Crippen LogP contribution is 2.36. The van der Waals surface area contributed by atoms with Crippen molar-refractivity contribution in [1.82, 2.24) is 34.9 Å². The minimum atomic E-state index is -0.282. The number of benzene rings is 1. The second-order valence-corrected chi connectivity index (χ2v) is 9.09. The van der Waals surface area contributed by atoms with Gasteiger partial charge in [0.05, 0.1) is 0 Å². The summed E-state index contributed by atoms with van der Waals surface area (Å²) in [6.45, 7) is 5.61. The SMILES string of the molecule is CN(C)CCN1CCN(c2nc(-c3nnc(Cc4ccc(F)cc4)[nH]3)c(O)c3ncccc23)CC1. The maximum Gasteiger partial charge on any atom is 0.184 e. The van der Waals surface area contributed by atoms with E-state index in [4.69, 9.17) is 4.98 Å². The molecule has 182 valence electrons. The lowest BCUT2D eigenvalue weighted by Gasteiger charge is -2.36. The van der Waals surface area contributed by atoms with Crippen molar-refractivity contribution < 1.29 is 9.50 Å².